The number of imidazole rings is 1. The lowest BCUT2D eigenvalue weighted by Crippen LogP contribution is -2.41. The molecule has 1 unspecified atom stereocenters. The fourth-order valence-electron chi connectivity index (χ4n) is 4.27. The van der Waals surface area contributed by atoms with Gasteiger partial charge in [0.05, 0.1) is 22.2 Å². The molecule has 3 heterocycles. The molecule has 1 aliphatic rings. The molecule has 1 atom stereocenters. The van der Waals surface area contributed by atoms with Crippen molar-refractivity contribution >= 4 is 17.0 Å². The molecule has 3 N–H and O–H groups in total. The number of halogens is 4. The summed E-state index contributed by atoms with van der Waals surface area (Å²) in [5.41, 5.74) is 0.875. The van der Waals surface area contributed by atoms with Crippen molar-refractivity contribution in [2.24, 2.45) is 5.92 Å². The number of fused-ring (bicyclic) bond motifs is 1. The minimum Gasteiger partial charge on any atom is -0.368 e. The summed E-state index contributed by atoms with van der Waals surface area (Å²) in [7, 11) is 0. The van der Waals surface area contributed by atoms with Crippen LogP contribution in [0.1, 0.15) is 18.4 Å². The molecule has 2 aromatic carbocycles. The Balaban J connectivity index is 1.37. The Morgan fingerprint density at radius 1 is 1.03 bits per heavy atom. The summed E-state index contributed by atoms with van der Waals surface area (Å²) in [5.74, 6) is -0.290. The zero-order chi connectivity index (χ0) is 24.7. The van der Waals surface area contributed by atoms with Gasteiger partial charge in [-0.2, -0.15) is 13.2 Å². The standard InChI is InChI=1S/C24H21F4N5O2/c25-18-8-13(15-10-29-23(30-11-15)33-7-1-2-14(12-33)22(34)35)3-5-17(18)21-31-19-6-4-16(24(26,27)28)9-20(19)32-21/h3-6,8-11,14,22,34-35H,1-2,7,12H2,(H,31,32). The Labute approximate surface area is 197 Å². The summed E-state index contributed by atoms with van der Waals surface area (Å²) in [5, 5.41) is 18.9. The van der Waals surface area contributed by atoms with Crippen molar-refractivity contribution in [3.63, 3.8) is 0 Å². The van der Waals surface area contributed by atoms with Crippen molar-refractivity contribution in [1.82, 2.24) is 19.9 Å². The smallest absolute Gasteiger partial charge is 0.368 e. The number of H-pyrrole nitrogens is 1. The van der Waals surface area contributed by atoms with Crippen LogP contribution in [0.4, 0.5) is 23.5 Å². The number of anilines is 1. The normalized spacial score (nSPS) is 16.9. The van der Waals surface area contributed by atoms with E-state index in [1.54, 1.807) is 18.5 Å². The predicted molar refractivity (Wildman–Crippen MR) is 121 cm³/mol. The minimum atomic E-state index is -4.49. The van der Waals surface area contributed by atoms with Gasteiger partial charge in [-0.1, -0.05) is 6.07 Å². The number of hydrogen-bond acceptors (Lipinski definition) is 6. The molecule has 5 rings (SSSR count). The summed E-state index contributed by atoms with van der Waals surface area (Å²) in [6.45, 7) is 1.14. The van der Waals surface area contributed by atoms with E-state index in [1.807, 2.05) is 4.90 Å². The van der Waals surface area contributed by atoms with Crippen molar-refractivity contribution in [3.05, 3.63) is 60.2 Å². The highest BCUT2D eigenvalue weighted by Crippen LogP contribution is 2.33. The number of aromatic amines is 1. The first-order chi connectivity index (χ1) is 16.7. The number of benzene rings is 2. The molecular formula is C24H21F4N5O2. The fourth-order valence-corrected chi connectivity index (χ4v) is 4.27. The maximum Gasteiger partial charge on any atom is 0.416 e. The Kier molecular flexibility index (Phi) is 5.89. The third-order valence-corrected chi connectivity index (χ3v) is 6.17. The molecule has 182 valence electrons. The number of aliphatic hydroxyl groups excluding tert-OH is 1. The minimum absolute atomic E-state index is 0.123. The van der Waals surface area contributed by atoms with Crippen LogP contribution in [0.2, 0.25) is 0 Å². The van der Waals surface area contributed by atoms with Crippen LogP contribution in [-0.2, 0) is 6.18 Å². The molecule has 0 aliphatic carbocycles. The average Bonchev–Trinajstić information content (AvgIpc) is 3.27. The molecule has 11 heteroatoms. The number of aromatic nitrogens is 4. The van der Waals surface area contributed by atoms with Gasteiger partial charge in [0.1, 0.15) is 11.6 Å². The van der Waals surface area contributed by atoms with Crippen LogP contribution in [0.3, 0.4) is 0 Å². The van der Waals surface area contributed by atoms with Gasteiger partial charge in [-0.25, -0.2) is 19.3 Å². The van der Waals surface area contributed by atoms with E-state index in [0.717, 1.165) is 18.6 Å². The lowest BCUT2D eigenvalue weighted by Gasteiger charge is -2.33. The largest absolute Gasteiger partial charge is 0.416 e. The zero-order valence-corrected chi connectivity index (χ0v) is 18.3. The van der Waals surface area contributed by atoms with Gasteiger partial charge in [-0.05, 0) is 48.7 Å². The van der Waals surface area contributed by atoms with E-state index in [-0.39, 0.29) is 22.8 Å². The SMILES string of the molecule is OC(O)C1CCCN(c2ncc(-c3ccc(-c4nc5ccc(C(F)(F)F)cc5[nH]4)c(F)c3)cn2)C1. The number of alkyl halides is 3. The first-order valence-corrected chi connectivity index (χ1v) is 11.0. The van der Waals surface area contributed by atoms with E-state index in [4.69, 9.17) is 0 Å². The molecule has 35 heavy (non-hydrogen) atoms. The lowest BCUT2D eigenvalue weighted by molar-refractivity contribution is -0.137. The number of piperidine rings is 1. The fraction of sp³-hybridized carbons (Fsp3) is 0.292. The van der Waals surface area contributed by atoms with Crippen LogP contribution >= 0.6 is 0 Å². The third-order valence-electron chi connectivity index (χ3n) is 6.17. The highest BCUT2D eigenvalue weighted by atomic mass is 19.4. The summed E-state index contributed by atoms with van der Waals surface area (Å²) in [6.07, 6.45) is -1.24. The predicted octanol–water partition coefficient (Wildman–Crippen LogP) is 4.37. The van der Waals surface area contributed by atoms with E-state index < -0.39 is 23.8 Å². The number of aliphatic hydroxyl groups is 2. The van der Waals surface area contributed by atoms with Gasteiger partial charge in [0, 0.05) is 37.0 Å². The molecule has 2 aromatic heterocycles. The molecule has 1 saturated heterocycles. The van der Waals surface area contributed by atoms with Crippen LogP contribution in [0.25, 0.3) is 33.5 Å². The molecule has 0 spiro atoms. The van der Waals surface area contributed by atoms with E-state index >= 15 is 0 Å². The Morgan fingerprint density at radius 2 is 1.80 bits per heavy atom. The van der Waals surface area contributed by atoms with Gasteiger partial charge < -0.3 is 20.1 Å². The first kappa shape index (κ1) is 23.2. The van der Waals surface area contributed by atoms with Gasteiger partial charge in [0.2, 0.25) is 5.95 Å². The Bertz CT molecular complexity index is 1350. The second kappa shape index (κ2) is 8.90. The van der Waals surface area contributed by atoms with E-state index in [2.05, 4.69) is 19.9 Å². The van der Waals surface area contributed by atoms with Crippen LogP contribution in [-0.4, -0.2) is 49.5 Å². The maximum atomic E-state index is 15.0. The van der Waals surface area contributed by atoms with Crippen molar-refractivity contribution in [2.45, 2.75) is 25.3 Å². The third kappa shape index (κ3) is 4.69. The molecule has 7 nitrogen and oxygen atoms in total. The number of nitrogens with zero attached hydrogens (tertiary/aromatic N) is 4. The van der Waals surface area contributed by atoms with Gasteiger partial charge >= 0.3 is 6.18 Å². The monoisotopic (exact) mass is 487 g/mol. The van der Waals surface area contributed by atoms with Gasteiger partial charge in [0.15, 0.2) is 6.29 Å². The molecule has 1 fully saturated rings. The van der Waals surface area contributed by atoms with Crippen LogP contribution in [0.15, 0.2) is 48.8 Å². The Morgan fingerprint density at radius 3 is 2.49 bits per heavy atom. The zero-order valence-electron chi connectivity index (χ0n) is 18.3. The molecule has 1 aliphatic heterocycles. The van der Waals surface area contributed by atoms with Crippen molar-refractivity contribution in [1.29, 1.82) is 0 Å². The second-order valence-electron chi connectivity index (χ2n) is 8.54. The molecule has 0 saturated carbocycles. The summed E-state index contributed by atoms with van der Waals surface area (Å²) < 4.78 is 53.9. The quantitative estimate of drug-likeness (QED) is 0.292. The maximum absolute atomic E-state index is 15.0. The summed E-state index contributed by atoms with van der Waals surface area (Å²) in [6, 6.07) is 7.58. The van der Waals surface area contributed by atoms with Crippen molar-refractivity contribution in [2.75, 3.05) is 18.0 Å². The number of hydrogen-bond donors (Lipinski definition) is 3. The van der Waals surface area contributed by atoms with E-state index in [1.165, 1.54) is 18.2 Å². The van der Waals surface area contributed by atoms with Crippen molar-refractivity contribution < 1.29 is 27.8 Å². The van der Waals surface area contributed by atoms with Crippen LogP contribution < -0.4 is 4.90 Å². The van der Waals surface area contributed by atoms with Gasteiger partial charge in [-0.15, -0.1) is 0 Å². The second-order valence-corrected chi connectivity index (χ2v) is 8.54. The summed E-state index contributed by atoms with van der Waals surface area (Å²) in [4.78, 5) is 17.6. The van der Waals surface area contributed by atoms with Crippen LogP contribution in [0, 0.1) is 11.7 Å². The number of rotatable bonds is 4. The molecule has 0 amide bonds. The summed E-state index contributed by atoms with van der Waals surface area (Å²) >= 11 is 0. The average molecular weight is 487 g/mol. The molecular weight excluding hydrogens is 466 g/mol. The topological polar surface area (TPSA) is 98.2 Å². The van der Waals surface area contributed by atoms with Gasteiger partial charge in [0.25, 0.3) is 0 Å². The van der Waals surface area contributed by atoms with Gasteiger partial charge in [-0.3, -0.25) is 0 Å². The van der Waals surface area contributed by atoms with Crippen molar-refractivity contribution in [3.8, 4) is 22.5 Å². The highest BCUT2D eigenvalue weighted by Gasteiger charge is 2.31. The van der Waals surface area contributed by atoms with Crippen LogP contribution in [0.5, 0.6) is 0 Å². The van der Waals surface area contributed by atoms with E-state index in [0.29, 0.717) is 42.1 Å². The lowest BCUT2D eigenvalue weighted by atomic mass is 9.98. The Hall–Kier alpha value is -3.57. The molecule has 0 radical (unpaired) electrons. The first-order valence-electron chi connectivity index (χ1n) is 11.0. The highest BCUT2D eigenvalue weighted by molar-refractivity contribution is 5.80. The number of nitrogens with one attached hydrogen (secondary N) is 1. The molecule has 4 aromatic rings. The molecule has 0 bridgehead atoms. The van der Waals surface area contributed by atoms with E-state index in [9.17, 15) is 27.8 Å².